The maximum Gasteiger partial charge on any atom is 0.0370 e. The van der Waals surface area contributed by atoms with Crippen LogP contribution in [-0.4, -0.2) is 21.6 Å². The zero-order valence-electron chi connectivity index (χ0n) is 5.73. The maximum atomic E-state index is 10.8. The smallest absolute Gasteiger partial charge is 0.0370 e. The van der Waals surface area contributed by atoms with Gasteiger partial charge in [0, 0.05) is 28.2 Å². The van der Waals surface area contributed by atoms with Crippen LogP contribution < -0.4 is 0 Å². The summed E-state index contributed by atoms with van der Waals surface area (Å²) in [5.74, 6) is 2.00. The highest BCUT2D eigenvalue weighted by atomic mass is 35.5. The van der Waals surface area contributed by atoms with Gasteiger partial charge in [-0.3, -0.25) is 4.21 Å². The molecule has 0 spiro atoms. The molecule has 0 aromatic rings. The van der Waals surface area contributed by atoms with E-state index in [1.165, 1.54) is 0 Å². The molecular formula is C6H13ClOS. The summed E-state index contributed by atoms with van der Waals surface area (Å²) in [6, 6.07) is 0. The molecule has 0 fully saturated rings. The maximum absolute atomic E-state index is 10.8. The van der Waals surface area contributed by atoms with E-state index in [1.54, 1.807) is 0 Å². The Balaban J connectivity index is 3.06. The van der Waals surface area contributed by atoms with E-state index >= 15 is 0 Å². The van der Waals surface area contributed by atoms with Crippen LogP contribution in [-0.2, 0) is 10.8 Å². The quantitative estimate of drug-likeness (QED) is 0.572. The van der Waals surface area contributed by atoms with E-state index in [1.807, 2.05) is 0 Å². The van der Waals surface area contributed by atoms with Gasteiger partial charge in [-0.15, -0.1) is 11.6 Å². The molecule has 0 heterocycles. The highest BCUT2D eigenvalue weighted by molar-refractivity contribution is 7.85. The SMILES string of the molecule is CCCCS(=O)CCCl. The molecule has 1 unspecified atom stereocenters. The largest absolute Gasteiger partial charge is 0.260 e. The van der Waals surface area contributed by atoms with Gasteiger partial charge in [-0.1, -0.05) is 13.3 Å². The van der Waals surface area contributed by atoms with Crippen LogP contribution in [0.25, 0.3) is 0 Å². The van der Waals surface area contributed by atoms with Crippen molar-refractivity contribution in [2.75, 3.05) is 17.4 Å². The summed E-state index contributed by atoms with van der Waals surface area (Å²) >= 11 is 5.38. The first-order valence-corrected chi connectivity index (χ1v) is 5.24. The zero-order valence-corrected chi connectivity index (χ0v) is 7.30. The zero-order chi connectivity index (χ0) is 7.11. The Bertz CT molecular complexity index is 85.1. The highest BCUT2D eigenvalue weighted by Crippen LogP contribution is 1.92. The summed E-state index contributed by atoms with van der Waals surface area (Å²) in [6.45, 7) is 2.10. The van der Waals surface area contributed by atoms with Crippen molar-refractivity contribution in [1.82, 2.24) is 0 Å². The first-order chi connectivity index (χ1) is 4.31. The molecule has 9 heavy (non-hydrogen) atoms. The lowest BCUT2D eigenvalue weighted by Gasteiger charge is -1.95. The number of alkyl halides is 1. The van der Waals surface area contributed by atoms with Crippen molar-refractivity contribution < 1.29 is 4.21 Å². The van der Waals surface area contributed by atoms with Crippen molar-refractivity contribution >= 4 is 22.4 Å². The average molecular weight is 169 g/mol. The molecule has 0 aliphatic carbocycles. The Hall–Kier alpha value is 0.440. The van der Waals surface area contributed by atoms with E-state index in [9.17, 15) is 4.21 Å². The molecule has 0 saturated carbocycles. The molecule has 0 saturated heterocycles. The molecule has 0 amide bonds. The first-order valence-electron chi connectivity index (χ1n) is 3.22. The Morgan fingerprint density at radius 1 is 1.44 bits per heavy atom. The lowest BCUT2D eigenvalue weighted by atomic mass is 10.4. The van der Waals surface area contributed by atoms with Crippen LogP contribution in [0.5, 0.6) is 0 Å². The Morgan fingerprint density at radius 3 is 2.56 bits per heavy atom. The van der Waals surface area contributed by atoms with Crippen molar-refractivity contribution in [3.05, 3.63) is 0 Å². The molecule has 1 atom stereocenters. The van der Waals surface area contributed by atoms with Crippen LogP contribution in [0.4, 0.5) is 0 Å². The Morgan fingerprint density at radius 2 is 2.11 bits per heavy atom. The summed E-state index contributed by atoms with van der Waals surface area (Å²) in [6.07, 6.45) is 2.18. The van der Waals surface area contributed by atoms with Gasteiger partial charge in [0.1, 0.15) is 0 Å². The summed E-state index contributed by atoms with van der Waals surface area (Å²) in [7, 11) is -0.652. The minimum Gasteiger partial charge on any atom is -0.260 e. The predicted molar refractivity (Wildman–Crippen MR) is 43.5 cm³/mol. The van der Waals surface area contributed by atoms with Crippen molar-refractivity contribution in [1.29, 1.82) is 0 Å². The van der Waals surface area contributed by atoms with Crippen LogP contribution in [0.15, 0.2) is 0 Å². The van der Waals surface area contributed by atoms with Gasteiger partial charge >= 0.3 is 0 Å². The molecule has 0 bridgehead atoms. The van der Waals surface area contributed by atoms with Crippen LogP contribution in [0.3, 0.4) is 0 Å². The van der Waals surface area contributed by atoms with Crippen LogP contribution in [0, 0.1) is 0 Å². The lowest BCUT2D eigenvalue weighted by Crippen LogP contribution is -2.02. The second kappa shape index (κ2) is 6.56. The second-order valence-corrected chi connectivity index (χ2v) is 3.96. The molecule has 0 radical (unpaired) electrons. The van der Waals surface area contributed by atoms with Crippen molar-refractivity contribution in [2.45, 2.75) is 19.8 Å². The predicted octanol–water partition coefficient (Wildman–Crippen LogP) is 1.77. The lowest BCUT2D eigenvalue weighted by molar-refractivity contribution is 0.680. The average Bonchev–Trinajstić information content (AvgIpc) is 1.85. The molecule has 0 aromatic carbocycles. The molecular weight excluding hydrogens is 156 g/mol. The number of hydrogen-bond donors (Lipinski definition) is 0. The summed E-state index contributed by atoms with van der Waals surface area (Å²) in [4.78, 5) is 0. The third kappa shape index (κ3) is 6.32. The molecule has 0 rings (SSSR count). The van der Waals surface area contributed by atoms with Gasteiger partial charge in [-0.25, -0.2) is 0 Å². The summed E-state index contributed by atoms with van der Waals surface area (Å²) in [5, 5.41) is 0. The molecule has 3 heteroatoms. The molecule has 1 nitrogen and oxygen atoms in total. The fourth-order valence-electron chi connectivity index (χ4n) is 0.493. The third-order valence-electron chi connectivity index (χ3n) is 1.03. The second-order valence-electron chi connectivity index (χ2n) is 1.89. The summed E-state index contributed by atoms with van der Waals surface area (Å²) in [5.41, 5.74) is 0. The first kappa shape index (κ1) is 9.44. The number of hydrogen-bond acceptors (Lipinski definition) is 1. The van der Waals surface area contributed by atoms with Gasteiger partial charge in [0.2, 0.25) is 0 Å². The number of halogens is 1. The molecule has 0 aromatic heterocycles. The fraction of sp³-hybridized carbons (Fsp3) is 1.00. The van der Waals surface area contributed by atoms with Crippen molar-refractivity contribution in [3.63, 3.8) is 0 Å². The van der Waals surface area contributed by atoms with Gasteiger partial charge in [0.25, 0.3) is 0 Å². The standard InChI is InChI=1S/C6H13ClOS/c1-2-3-5-9(8)6-4-7/h2-6H2,1H3. The van der Waals surface area contributed by atoms with E-state index in [-0.39, 0.29) is 0 Å². The molecule has 0 aliphatic heterocycles. The minimum absolute atomic E-state index is 0.524. The van der Waals surface area contributed by atoms with E-state index in [4.69, 9.17) is 11.6 Å². The number of unbranched alkanes of at least 4 members (excludes halogenated alkanes) is 1. The van der Waals surface area contributed by atoms with Crippen LogP contribution in [0.1, 0.15) is 19.8 Å². The minimum atomic E-state index is -0.652. The van der Waals surface area contributed by atoms with Crippen LogP contribution >= 0.6 is 11.6 Å². The van der Waals surface area contributed by atoms with E-state index < -0.39 is 10.8 Å². The van der Waals surface area contributed by atoms with Crippen molar-refractivity contribution in [3.8, 4) is 0 Å². The Labute approximate surface area is 64.2 Å². The third-order valence-corrected chi connectivity index (χ3v) is 2.85. The van der Waals surface area contributed by atoms with Gasteiger partial charge in [0.05, 0.1) is 0 Å². The topological polar surface area (TPSA) is 17.1 Å². The monoisotopic (exact) mass is 168 g/mol. The van der Waals surface area contributed by atoms with E-state index in [0.29, 0.717) is 11.6 Å². The van der Waals surface area contributed by atoms with Crippen molar-refractivity contribution in [2.24, 2.45) is 0 Å². The van der Waals surface area contributed by atoms with Gasteiger partial charge < -0.3 is 0 Å². The number of rotatable bonds is 5. The molecule has 56 valence electrons. The van der Waals surface area contributed by atoms with Crippen LogP contribution in [0.2, 0.25) is 0 Å². The van der Waals surface area contributed by atoms with E-state index in [2.05, 4.69) is 6.92 Å². The van der Waals surface area contributed by atoms with Gasteiger partial charge in [-0.2, -0.15) is 0 Å². The van der Waals surface area contributed by atoms with Gasteiger partial charge in [-0.05, 0) is 6.42 Å². The van der Waals surface area contributed by atoms with E-state index in [0.717, 1.165) is 18.6 Å². The molecule has 0 N–H and O–H groups in total. The normalized spacial score (nSPS) is 13.6. The fourth-order valence-corrected chi connectivity index (χ4v) is 2.00. The summed E-state index contributed by atoms with van der Waals surface area (Å²) < 4.78 is 10.8. The Kier molecular flexibility index (Phi) is 6.88. The highest BCUT2D eigenvalue weighted by Gasteiger charge is 1.95. The molecule has 0 aliphatic rings. The van der Waals surface area contributed by atoms with Gasteiger partial charge in [0.15, 0.2) is 0 Å².